The number of esters is 1. The van der Waals surface area contributed by atoms with Gasteiger partial charge in [0, 0.05) is 16.9 Å². The van der Waals surface area contributed by atoms with Crippen LogP contribution in [0.15, 0.2) is 48.8 Å². The lowest BCUT2D eigenvalue weighted by molar-refractivity contribution is -0.126. The molecule has 10 heteroatoms. The molecule has 0 saturated carbocycles. The van der Waals surface area contributed by atoms with Gasteiger partial charge in [0.25, 0.3) is 5.91 Å². The van der Waals surface area contributed by atoms with Gasteiger partial charge in [-0.15, -0.1) is 0 Å². The fourth-order valence-corrected chi connectivity index (χ4v) is 3.28. The Balaban J connectivity index is 1.55. The normalized spacial score (nSPS) is 10.7. The van der Waals surface area contributed by atoms with E-state index in [-0.39, 0.29) is 18.0 Å². The van der Waals surface area contributed by atoms with E-state index in [9.17, 15) is 14.4 Å². The fraction of sp³-hybridized carbons (Fsp3) is 0.261. The second kappa shape index (κ2) is 10.7. The first-order valence-corrected chi connectivity index (χ1v) is 10.6. The zero-order valence-electron chi connectivity index (χ0n) is 18.5. The molecule has 0 aliphatic carbocycles. The maximum absolute atomic E-state index is 12.6. The van der Waals surface area contributed by atoms with Crippen molar-refractivity contribution in [3.63, 3.8) is 0 Å². The van der Waals surface area contributed by atoms with Crippen molar-refractivity contribution in [3.05, 3.63) is 70.6 Å². The number of amides is 2. The topological polar surface area (TPSA) is 115 Å². The highest BCUT2D eigenvalue weighted by Crippen LogP contribution is 2.23. The molecular weight excluding hydrogens is 446 g/mol. The third-order valence-electron chi connectivity index (χ3n) is 4.76. The average Bonchev–Trinajstić information content (AvgIpc) is 3.25. The van der Waals surface area contributed by atoms with E-state index in [4.69, 9.17) is 16.3 Å². The summed E-state index contributed by atoms with van der Waals surface area (Å²) in [4.78, 5) is 41.0. The minimum atomic E-state index is -0.685. The van der Waals surface area contributed by atoms with Gasteiger partial charge < -0.3 is 15.4 Å². The minimum Gasteiger partial charge on any atom is -0.452 e. The Labute approximate surface area is 196 Å². The summed E-state index contributed by atoms with van der Waals surface area (Å²) in [6.07, 6.45) is 3.03. The average molecular weight is 470 g/mol. The van der Waals surface area contributed by atoms with Crippen molar-refractivity contribution in [2.75, 3.05) is 18.5 Å². The Bertz CT molecular complexity index is 1160. The van der Waals surface area contributed by atoms with Gasteiger partial charge in [0.15, 0.2) is 12.4 Å². The van der Waals surface area contributed by atoms with E-state index in [2.05, 4.69) is 20.7 Å². The maximum atomic E-state index is 12.6. The number of ether oxygens (including phenoxy) is 1. The first-order valence-electron chi connectivity index (χ1n) is 10.3. The van der Waals surface area contributed by atoms with Gasteiger partial charge in [-0.05, 0) is 42.7 Å². The number of aromatic nitrogens is 3. The SMILES string of the molecule is Cc1c(Cl)cccc1NC(=O)CNC(=O)COC(=O)c1cnn(-c2ccccn2)c1C(C)C. The van der Waals surface area contributed by atoms with Gasteiger partial charge in [0.05, 0.1) is 18.4 Å². The van der Waals surface area contributed by atoms with Gasteiger partial charge in [-0.2, -0.15) is 5.10 Å². The Hall–Kier alpha value is -3.72. The summed E-state index contributed by atoms with van der Waals surface area (Å²) in [5.41, 5.74) is 2.15. The number of benzene rings is 1. The lowest BCUT2D eigenvalue weighted by atomic mass is 10.1. The molecule has 33 heavy (non-hydrogen) atoms. The molecule has 0 bridgehead atoms. The van der Waals surface area contributed by atoms with E-state index in [1.807, 2.05) is 19.9 Å². The highest BCUT2D eigenvalue weighted by atomic mass is 35.5. The lowest BCUT2D eigenvalue weighted by Gasteiger charge is -2.12. The van der Waals surface area contributed by atoms with Crippen molar-refractivity contribution in [2.24, 2.45) is 0 Å². The molecule has 2 heterocycles. The van der Waals surface area contributed by atoms with Crippen molar-refractivity contribution >= 4 is 35.1 Å². The zero-order chi connectivity index (χ0) is 24.0. The number of hydrogen-bond donors (Lipinski definition) is 2. The highest BCUT2D eigenvalue weighted by Gasteiger charge is 2.23. The van der Waals surface area contributed by atoms with Crippen LogP contribution >= 0.6 is 11.6 Å². The second-order valence-corrected chi connectivity index (χ2v) is 7.92. The van der Waals surface area contributed by atoms with Crippen LogP contribution in [0, 0.1) is 6.92 Å². The smallest absolute Gasteiger partial charge is 0.342 e. The van der Waals surface area contributed by atoms with Crippen molar-refractivity contribution < 1.29 is 19.1 Å². The molecule has 0 spiro atoms. The molecule has 172 valence electrons. The molecule has 0 saturated heterocycles. The van der Waals surface area contributed by atoms with E-state index in [1.165, 1.54) is 6.20 Å². The van der Waals surface area contributed by atoms with Crippen molar-refractivity contribution in [3.8, 4) is 5.82 Å². The van der Waals surface area contributed by atoms with E-state index in [1.54, 1.807) is 48.1 Å². The molecular formula is C23H24ClN5O4. The molecule has 0 aliphatic rings. The maximum Gasteiger partial charge on any atom is 0.342 e. The van der Waals surface area contributed by atoms with Crippen LogP contribution in [-0.2, 0) is 14.3 Å². The number of pyridine rings is 1. The Morgan fingerprint density at radius 1 is 1.12 bits per heavy atom. The molecule has 0 fully saturated rings. The third-order valence-corrected chi connectivity index (χ3v) is 5.17. The fourth-order valence-electron chi connectivity index (χ4n) is 3.11. The van der Waals surface area contributed by atoms with E-state index >= 15 is 0 Å². The predicted molar refractivity (Wildman–Crippen MR) is 124 cm³/mol. The number of nitrogens with zero attached hydrogens (tertiary/aromatic N) is 3. The molecule has 3 rings (SSSR count). The third kappa shape index (κ3) is 5.95. The summed E-state index contributed by atoms with van der Waals surface area (Å²) >= 11 is 6.03. The van der Waals surface area contributed by atoms with Crippen LogP contribution in [0.4, 0.5) is 5.69 Å². The molecule has 0 radical (unpaired) electrons. The summed E-state index contributed by atoms with van der Waals surface area (Å²) < 4.78 is 6.71. The summed E-state index contributed by atoms with van der Waals surface area (Å²) in [6.45, 7) is 4.80. The van der Waals surface area contributed by atoms with Crippen LogP contribution in [0.2, 0.25) is 5.02 Å². The molecule has 2 N–H and O–H groups in total. The van der Waals surface area contributed by atoms with Crippen molar-refractivity contribution in [1.29, 1.82) is 0 Å². The van der Waals surface area contributed by atoms with Gasteiger partial charge in [-0.3, -0.25) is 9.59 Å². The molecule has 1 aromatic carbocycles. The van der Waals surface area contributed by atoms with Crippen LogP contribution < -0.4 is 10.6 Å². The number of anilines is 1. The number of carbonyl (C=O) groups excluding carboxylic acids is 3. The summed E-state index contributed by atoms with van der Waals surface area (Å²) in [6, 6.07) is 10.5. The van der Waals surface area contributed by atoms with Crippen LogP contribution in [0.25, 0.3) is 5.82 Å². The highest BCUT2D eigenvalue weighted by molar-refractivity contribution is 6.31. The molecule has 0 unspecified atom stereocenters. The van der Waals surface area contributed by atoms with Gasteiger partial charge in [-0.25, -0.2) is 14.5 Å². The first kappa shape index (κ1) is 23.9. The molecule has 3 aromatic rings. The molecule has 0 atom stereocenters. The predicted octanol–water partition coefficient (Wildman–Crippen LogP) is 3.26. The van der Waals surface area contributed by atoms with E-state index in [0.29, 0.717) is 22.2 Å². The van der Waals surface area contributed by atoms with Gasteiger partial charge >= 0.3 is 5.97 Å². The van der Waals surface area contributed by atoms with Gasteiger partial charge in [0.1, 0.15) is 5.56 Å². The Kier molecular flexibility index (Phi) is 7.78. The van der Waals surface area contributed by atoms with Crippen LogP contribution in [0.1, 0.15) is 41.4 Å². The summed E-state index contributed by atoms with van der Waals surface area (Å²) in [5, 5.41) is 9.88. The molecule has 9 nitrogen and oxygen atoms in total. The number of hydrogen-bond acceptors (Lipinski definition) is 6. The first-order chi connectivity index (χ1) is 15.8. The number of nitrogens with one attached hydrogen (secondary N) is 2. The number of halogens is 1. The zero-order valence-corrected chi connectivity index (χ0v) is 19.2. The number of rotatable bonds is 8. The van der Waals surface area contributed by atoms with E-state index < -0.39 is 24.4 Å². The Morgan fingerprint density at radius 2 is 1.91 bits per heavy atom. The summed E-state index contributed by atoms with van der Waals surface area (Å²) in [7, 11) is 0. The standard InChI is InChI=1S/C23H24ClN5O4/c1-14(2)22-16(11-27-29(22)19-9-4-5-10-25-19)23(32)33-13-21(31)26-12-20(30)28-18-8-6-7-17(24)15(18)3/h4-11,14H,12-13H2,1-3H3,(H,26,31)(H,28,30). The summed E-state index contributed by atoms with van der Waals surface area (Å²) in [5.74, 6) is -1.21. The second-order valence-electron chi connectivity index (χ2n) is 7.51. The quantitative estimate of drug-likeness (QED) is 0.489. The molecule has 2 aromatic heterocycles. The van der Waals surface area contributed by atoms with Crippen molar-refractivity contribution in [1.82, 2.24) is 20.1 Å². The lowest BCUT2D eigenvalue weighted by Crippen LogP contribution is -2.35. The van der Waals surface area contributed by atoms with Gasteiger partial charge in [0.2, 0.25) is 5.91 Å². The Morgan fingerprint density at radius 3 is 2.61 bits per heavy atom. The van der Waals surface area contributed by atoms with Crippen molar-refractivity contribution in [2.45, 2.75) is 26.7 Å². The molecule has 0 aliphatic heterocycles. The van der Waals surface area contributed by atoms with Crippen LogP contribution in [0.3, 0.4) is 0 Å². The monoisotopic (exact) mass is 469 g/mol. The number of carbonyl (C=O) groups is 3. The minimum absolute atomic E-state index is 0.0514. The van der Waals surface area contributed by atoms with Crippen LogP contribution in [0.5, 0.6) is 0 Å². The van der Waals surface area contributed by atoms with Gasteiger partial charge in [-0.1, -0.05) is 37.6 Å². The molecule has 2 amide bonds. The largest absolute Gasteiger partial charge is 0.452 e. The van der Waals surface area contributed by atoms with E-state index in [0.717, 1.165) is 5.56 Å². The van der Waals surface area contributed by atoms with Crippen LogP contribution in [-0.4, -0.2) is 45.7 Å².